The van der Waals surface area contributed by atoms with Gasteiger partial charge in [-0.2, -0.15) is 0 Å². The van der Waals surface area contributed by atoms with E-state index >= 15 is 0 Å². The molecule has 158 valence electrons. The predicted octanol–water partition coefficient (Wildman–Crippen LogP) is 1.65. The van der Waals surface area contributed by atoms with E-state index in [4.69, 9.17) is 30.7 Å². The number of aromatic nitrogens is 2. The molecule has 2 aromatic rings. The first kappa shape index (κ1) is 20.1. The van der Waals surface area contributed by atoms with Crippen molar-refractivity contribution in [3.05, 3.63) is 48.0 Å². The number of nitrogens with two attached hydrogens (primary N) is 1. The monoisotopic (exact) mass is 410 g/mol. The molecule has 0 spiro atoms. The first-order chi connectivity index (χ1) is 14.7. The number of nitrogens with zero attached hydrogens (tertiary/aromatic N) is 4. The van der Waals surface area contributed by atoms with Crippen LogP contribution in [0.5, 0.6) is 5.88 Å². The number of allylic oxidation sites excluding steroid dienone is 2. The zero-order valence-corrected chi connectivity index (χ0v) is 16.8. The minimum Gasteiger partial charge on any atom is -0.489 e. The van der Waals surface area contributed by atoms with Crippen LogP contribution in [0.3, 0.4) is 0 Å². The third kappa shape index (κ3) is 4.37. The second kappa shape index (κ2) is 9.10. The molecule has 0 amide bonds. The molecular weight excluding hydrogens is 384 g/mol. The lowest BCUT2D eigenvalue weighted by Crippen LogP contribution is -2.25. The van der Waals surface area contributed by atoms with Gasteiger partial charge in [0.15, 0.2) is 5.69 Å². The van der Waals surface area contributed by atoms with Crippen molar-refractivity contribution in [1.29, 1.82) is 5.41 Å². The molecule has 9 nitrogen and oxygen atoms in total. The van der Waals surface area contributed by atoms with Crippen LogP contribution in [-0.4, -0.2) is 70.5 Å². The van der Waals surface area contributed by atoms with Gasteiger partial charge in [0.25, 0.3) is 5.88 Å². The Morgan fingerprint density at radius 2 is 2.00 bits per heavy atom. The van der Waals surface area contributed by atoms with Crippen molar-refractivity contribution in [3.63, 3.8) is 0 Å². The van der Waals surface area contributed by atoms with Crippen LogP contribution in [0, 0.1) is 5.41 Å². The third-order valence-corrected chi connectivity index (χ3v) is 5.04. The Morgan fingerprint density at radius 1 is 1.17 bits per heavy atom. The Labute approximate surface area is 174 Å². The van der Waals surface area contributed by atoms with Gasteiger partial charge in [-0.3, -0.25) is 10.3 Å². The van der Waals surface area contributed by atoms with Crippen molar-refractivity contribution in [2.75, 3.05) is 39.5 Å². The Morgan fingerprint density at radius 3 is 2.80 bits per heavy atom. The fraction of sp³-hybridized carbons (Fsp3) is 0.381. The summed E-state index contributed by atoms with van der Waals surface area (Å²) in [6.07, 6.45) is 7.41. The summed E-state index contributed by atoms with van der Waals surface area (Å²) in [4.78, 5) is 7.09. The molecule has 4 N–H and O–H groups in total. The van der Waals surface area contributed by atoms with Crippen molar-refractivity contribution < 1.29 is 14.6 Å². The second-order valence-corrected chi connectivity index (χ2v) is 7.17. The minimum atomic E-state index is -0.140. The van der Waals surface area contributed by atoms with Gasteiger partial charge in [0.2, 0.25) is 0 Å². The molecule has 9 heteroatoms. The van der Waals surface area contributed by atoms with E-state index in [2.05, 4.69) is 10.00 Å². The molecule has 0 unspecified atom stereocenters. The van der Waals surface area contributed by atoms with Crippen molar-refractivity contribution in [1.82, 2.24) is 14.5 Å². The van der Waals surface area contributed by atoms with Gasteiger partial charge in [-0.05, 0) is 44.1 Å². The molecule has 0 bridgehead atoms. The minimum absolute atomic E-state index is 0.0941. The highest BCUT2D eigenvalue weighted by Crippen LogP contribution is 2.33. The number of hydrogen-bond donors (Lipinski definition) is 3. The summed E-state index contributed by atoms with van der Waals surface area (Å²) in [5, 5.41) is 21.5. The molecule has 30 heavy (non-hydrogen) atoms. The van der Waals surface area contributed by atoms with Crippen molar-refractivity contribution in [2.24, 2.45) is 10.7 Å². The van der Waals surface area contributed by atoms with Crippen LogP contribution >= 0.6 is 0 Å². The Balaban J connectivity index is 1.63. The predicted molar refractivity (Wildman–Crippen MR) is 115 cm³/mol. The van der Waals surface area contributed by atoms with Crippen LogP contribution in [0.25, 0.3) is 5.52 Å². The summed E-state index contributed by atoms with van der Waals surface area (Å²) in [7, 11) is 0. The van der Waals surface area contributed by atoms with Crippen LogP contribution in [0.15, 0.2) is 53.0 Å². The van der Waals surface area contributed by atoms with E-state index in [0.717, 1.165) is 25.2 Å². The number of aliphatic hydroxyl groups is 1. The molecular formula is C21H26N6O3. The molecule has 1 aliphatic carbocycles. The Bertz CT molecular complexity index is 1020. The quantitative estimate of drug-likeness (QED) is 0.569. The zero-order chi connectivity index (χ0) is 20.9. The van der Waals surface area contributed by atoms with Gasteiger partial charge in [0.1, 0.15) is 19.0 Å². The van der Waals surface area contributed by atoms with Gasteiger partial charge in [-0.25, -0.2) is 9.51 Å². The number of aliphatic imine (C=N–C) groups is 1. The number of aliphatic hydroxyl groups excluding tert-OH is 1. The second-order valence-electron chi connectivity index (χ2n) is 7.17. The highest BCUT2D eigenvalue weighted by molar-refractivity contribution is 6.22. The highest BCUT2D eigenvalue weighted by Gasteiger charge is 2.20. The van der Waals surface area contributed by atoms with E-state index in [1.165, 1.54) is 18.9 Å². The largest absolute Gasteiger partial charge is 0.489 e. The van der Waals surface area contributed by atoms with Crippen molar-refractivity contribution in [3.8, 4) is 5.88 Å². The van der Waals surface area contributed by atoms with E-state index < -0.39 is 0 Å². The standard InChI is InChI=1S/C21H26N6O3/c22-15-13-16(23)19(29-12-10-28)14-17(15)24-20-18-5-1-2-8-27(18)25-21(20)30-11-9-26-6-3-4-7-26/h1-2,5,8,13-14,23,28H,3-4,6-7,9-12,22H2/b23-16?,24-17+. The average molecular weight is 410 g/mol. The number of hydrogen-bond acceptors (Lipinski definition) is 8. The molecule has 0 saturated carbocycles. The van der Waals surface area contributed by atoms with Crippen LogP contribution in [0.4, 0.5) is 5.69 Å². The molecule has 3 heterocycles. The van der Waals surface area contributed by atoms with Crippen LogP contribution < -0.4 is 10.5 Å². The van der Waals surface area contributed by atoms with Gasteiger partial charge in [0, 0.05) is 18.8 Å². The fourth-order valence-corrected chi connectivity index (χ4v) is 3.52. The Kier molecular flexibility index (Phi) is 6.10. The zero-order valence-electron chi connectivity index (χ0n) is 16.8. The fourth-order valence-electron chi connectivity index (χ4n) is 3.52. The number of nitrogens with one attached hydrogen (secondary N) is 1. The maximum atomic E-state index is 9.00. The molecule has 0 aromatic carbocycles. The van der Waals surface area contributed by atoms with Gasteiger partial charge in [0.05, 0.1) is 29.2 Å². The molecule has 1 fully saturated rings. The van der Waals surface area contributed by atoms with Gasteiger partial charge in [-0.1, -0.05) is 6.07 Å². The van der Waals surface area contributed by atoms with Crippen molar-refractivity contribution >= 4 is 22.6 Å². The molecule has 2 aliphatic rings. The summed E-state index contributed by atoms with van der Waals surface area (Å²) in [6.45, 7) is 3.55. The number of ether oxygens (including phenoxy) is 2. The van der Waals surface area contributed by atoms with Gasteiger partial charge < -0.3 is 20.3 Å². The van der Waals surface area contributed by atoms with Crippen molar-refractivity contribution in [2.45, 2.75) is 12.8 Å². The maximum absolute atomic E-state index is 9.00. The van der Waals surface area contributed by atoms with E-state index in [1.54, 1.807) is 10.6 Å². The third-order valence-electron chi connectivity index (χ3n) is 5.04. The number of rotatable bonds is 8. The van der Waals surface area contributed by atoms with Crippen LogP contribution in [-0.2, 0) is 4.74 Å². The van der Waals surface area contributed by atoms with E-state index in [-0.39, 0.29) is 18.9 Å². The van der Waals surface area contributed by atoms with Crippen LogP contribution in [0.2, 0.25) is 0 Å². The SMILES string of the molecule is N=C1C=C(N)/C(=N/c2c(OCCN3CCCC3)nn3ccccc23)C=C1OCCO. The topological polar surface area (TPSA) is 121 Å². The number of likely N-dealkylation sites (tertiary alicyclic amines) is 1. The van der Waals surface area contributed by atoms with E-state index in [0.29, 0.717) is 35.3 Å². The first-order valence-corrected chi connectivity index (χ1v) is 10.1. The molecule has 0 atom stereocenters. The summed E-state index contributed by atoms with van der Waals surface area (Å²) in [5.41, 5.74) is 8.45. The number of fused-ring (bicyclic) bond motifs is 1. The lowest BCUT2D eigenvalue weighted by atomic mass is 10.1. The summed E-state index contributed by atoms with van der Waals surface area (Å²) in [5.74, 6) is 0.748. The average Bonchev–Trinajstić information content (AvgIpc) is 3.37. The molecule has 1 saturated heterocycles. The van der Waals surface area contributed by atoms with Gasteiger partial charge >= 0.3 is 0 Å². The lowest BCUT2D eigenvalue weighted by molar-refractivity contribution is 0.156. The first-order valence-electron chi connectivity index (χ1n) is 10.1. The van der Waals surface area contributed by atoms with E-state index in [9.17, 15) is 0 Å². The summed E-state index contributed by atoms with van der Waals surface area (Å²) < 4.78 is 13.2. The maximum Gasteiger partial charge on any atom is 0.260 e. The molecule has 2 aromatic heterocycles. The molecule has 0 radical (unpaired) electrons. The molecule has 4 rings (SSSR count). The number of pyridine rings is 1. The summed E-state index contributed by atoms with van der Waals surface area (Å²) in [6, 6.07) is 5.72. The van der Waals surface area contributed by atoms with Crippen LogP contribution in [0.1, 0.15) is 12.8 Å². The smallest absolute Gasteiger partial charge is 0.260 e. The highest BCUT2D eigenvalue weighted by atomic mass is 16.5. The molecule has 1 aliphatic heterocycles. The van der Waals surface area contributed by atoms with Gasteiger partial charge in [-0.15, -0.1) is 5.10 Å². The Hall–Kier alpha value is -3.17. The summed E-state index contributed by atoms with van der Waals surface area (Å²) >= 11 is 0. The lowest BCUT2D eigenvalue weighted by Gasteiger charge is -2.15. The van der Waals surface area contributed by atoms with E-state index in [1.807, 2.05) is 24.4 Å². The normalized spacial score (nSPS) is 18.7.